The summed E-state index contributed by atoms with van der Waals surface area (Å²) < 4.78 is 2.16. The summed E-state index contributed by atoms with van der Waals surface area (Å²) in [5, 5.41) is 15.7. The highest BCUT2D eigenvalue weighted by molar-refractivity contribution is 6.30. The van der Waals surface area contributed by atoms with Gasteiger partial charge < -0.3 is 20.9 Å². The van der Waals surface area contributed by atoms with Crippen LogP contribution in [0.25, 0.3) is 28.1 Å². The fourth-order valence-corrected chi connectivity index (χ4v) is 4.25. The number of hydrogen-bond donors (Lipinski definition) is 4. The normalized spacial score (nSPS) is 11.7. The van der Waals surface area contributed by atoms with Crippen molar-refractivity contribution in [3.63, 3.8) is 0 Å². The van der Waals surface area contributed by atoms with Crippen LogP contribution in [0.5, 0.6) is 0 Å². The highest BCUT2D eigenvalue weighted by Gasteiger charge is 2.16. The number of rotatable bonds is 6. The van der Waals surface area contributed by atoms with Crippen LogP contribution in [0.2, 0.25) is 10.0 Å². The molecule has 7 nitrogen and oxygen atoms in total. The van der Waals surface area contributed by atoms with E-state index in [-0.39, 0.29) is 5.96 Å². The highest BCUT2D eigenvalue weighted by Crippen LogP contribution is 2.31. The molecule has 0 fully saturated rings. The predicted molar refractivity (Wildman–Crippen MR) is 148 cm³/mol. The summed E-state index contributed by atoms with van der Waals surface area (Å²) in [6, 6.07) is 27.3. The average Bonchev–Trinajstić information content (AvgIpc) is 2.87. The minimum Gasteiger partial charge on any atom is -0.370 e. The Hall–Kier alpha value is -4.07. The van der Waals surface area contributed by atoms with Gasteiger partial charge in [0.1, 0.15) is 0 Å². The van der Waals surface area contributed by atoms with Crippen molar-refractivity contribution in [1.82, 2.24) is 14.9 Å². The Morgan fingerprint density at radius 2 is 1.64 bits per heavy atom. The SMILES string of the molecule is N=C(N)NCC/N=c1\cc2n(-c3ccc(Cl)cc3)c3ccccc3nc-2cc1Nc1ccc(Cl)cc1. The first kappa shape index (κ1) is 23.7. The Bertz CT molecular complexity index is 1580. The van der Waals surface area contributed by atoms with Gasteiger partial charge in [-0.1, -0.05) is 35.3 Å². The van der Waals surface area contributed by atoms with Gasteiger partial charge in [-0.25, -0.2) is 4.98 Å². The van der Waals surface area contributed by atoms with Crippen molar-refractivity contribution in [1.29, 1.82) is 5.41 Å². The van der Waals surface area contributed by atoms with Gasteiger partial charge in [0.15, 0.2) is 5.96 Å². The second-order valence-electron chi connectivity index (χ2n) is 8.12. The molecular formula is C27H23Cl2N7. The van der Waals surface area contributed by atoms with Gasteiger partial charge in [0, 0.05) is 28.0 Å². The fraction of sp³-hybridized carbons (Fsp3) is 0.0741. The van der Waals surface area contributed by atoms with Crippen LogP contribution in [0, 0.1) is 5.41 Å². The van der Waals surface area contributed by atoms with Crippen LogP contribution in [-0.4, -0.2) is 28.6 Å². The lowest BCUT2D eigenvalue weighted by Crippen LogP contribution is -2.32. The number of halogens is 2. The van der Waals surface area contributed by atoms with Crippen molar-refractivity contribution in [2.45, 2.75) is 0 Å². The fourth-order valence-electron chi connectivity index (χ4n) is 4.00. The van der Waals surface area contributed by atoms with Gasteiger partial charge in [-0.05, 0) is 72.8 Å². The standard InChI is InChI=1S/C27H23Cl2N7/c28-17-5-9-19(10-6-17)34-23-15-24-26(16-22(23)32-13-14-33-27(30)31)36(20-11-7-18(29)8-12-20)25-4-2-1-3-21(25)35-24/h1-12,15-16,34H,13-14H2,(H4,30,31,33)/b32-22+. The van der Waals surface area contributed by atoms with Crippen LogP contribution < -0.4 is 21.7 Å². The zero-order valence-electron chi connectivity index (χ0n) is 19.2. The molecular weight excluding hydrogens is 493 g/mol. The lowest BCUT2D eigenvalue weighted by Gasteiger charge is -2.20. The lowest BCUT2D eigenvalue weighted by atomic mass is 10.1. The van der Waals surface area contributed by atoms with E-state index < -0.39 is 0 Å². The van der Waals surface area contributed by atoms with E-state index in [0.717, 1.165) is 44.8 Å². The Morgan fingerprint density at radius 1 is 0.944 bits per heavy atom. The molecule has 0 bridgehead atoms. The molecule has 36 heavy (non-hydrogen) atoms. The molecule has 2 aliphatic rings. The van der Waals surface area contributed by atoms with Crippen molar-refractivity contribution < 1.29 is 0 Å². The molecule has 180 valence electrons. The van der Waals surface area contributed by atoms with Gasteiger partial charge in [-0.2, -0.15) is 0 Å². The lowest BCUT2D eigenvalue weighted by molar-refractivity contribution is 0.848. The molecule has 3 aromatic carbocycles. The summed E-state index contributed by atoms with van der Waals surface area (Å²) in [7, 11) is 0. The summed E-state index contributed by atoms with van der Waals surface area (Å²) in [5.74, 6) is -0.0838. The van der Waals surface area contributed by atoms with Gasteiger partial charge in [-0.3, -0.25) is 10.4 Å². The average molecular weight is 516 g/mol. The largest absolute Gasteiger partial charge is 0.370 e. The van der Waals surface area contributed by atoms with Crippen LogP contribution in [0.15, 0.2) is 89.9 Å². The zero-order valence-corrected chi connectivity index (χ0v) is 20.7. The monoisotopic (exact) mass is 515 g/mol. The number of fused-ring (bicyclic) bond motifs is 2. The van der Waals surface area contributed by atoms with Crippen LogP contribution in [0.4, 0.5) is 11.4 Å². The molecule has 0 amide bonds. The summed E-state index contributed by atoms with van der Waals surface area (Å²) in [5.41, 5.74) is 11.6. The molecule has 0 spiro atoms. The number of anilines is 2. The van der Waals surface area contributed by atoms with E-state index in [9.17, 15) is 0 Å². The van der Waals surface area contributed by atoms with E-state index >= 15 is 0 Å². The third-order valence-electron chi connectivity index (χ3n) is 5.61. The van der Waals surface area contributed by atoms with Crippen molar-refractivity contribution in [2.75, 3.05) is 18.4 Å². The number of guanidine groups is 1. The van der Waals surface area contributed by atoms with Crippen LogP contribution in [0.1, 0.15) is 0 Å². The quantitative estimate of drug-likeness (QED) is 0.103. The summed E-state index contributed by atoms with van der Waals surface area (Å²) in [6.45, 7) is 0.878. The maximum absolute atomic E-state index is 7.39. The van der Waals surface area contributed by atoms with E-state index in [0.29, 0.717) is 23.1 Å². The summed E-state index contributed by atoms with van der Waals surface area (Å²) in [6.07, 6.45) is 0. The third kappa shape index (κ3) is 5.12. The maximum atomic E-state index is 7.39. The second kappa shape index (κ2) is 10.3. The zero-order chi connectivity index (χ0) is 25.1. The van der Waals surface area contributed by atoms with Crippen LogP contribution in [0.3, 0.4) is 0 Å². The number of nitrogens with two attached hydrogens (primary N) is 1. The Labute approximate surface area is 218 Å². The molecule has 0 aromatic heterocycles. The van der Waals surface area contributed by atoms with Gasteiger partial charge in [0.05, 0.1) is 40.0 Å². The van der Waals surface area contributed by atoms with E-state index in [4.69, 9.17) is 44.3 Å². The van der Waals surface area contributed by atoms with E-state index in [1.165, 1.54) is 0 Å². The molecule has 0 saturated heterocycles. The van der Waals surface area contributed by atoms with Crippen molar-refractivity contribution in [3.8, 4) is 17.1 Å². The van der Waals surface area contributed by atoms with Gasteiger partial charge >= 0.3 is 0 Å². The molecule has 1 aliphatic heterocycles. The Kier molecular flexibility index (Phi) is 6.75. The van der Waals surface area contributed by atoms with Gasteiger partial charge in [0.25, 0.3) is 0 Å². The van der Waals surface area contributed by atoms with E-state index in [1.54, 1.807) is 0 Å². The van der Waals surface area contributed by atoms with Crippen LogP contribution >= 0.6 is 23.2 Å². The molecule has 0 unspecified atom stereocenters. The van der Waals surface area contributed by atoms with E-state index in [1.807, 2.05) is 84.9 Å². The Balaban J connectivity index is 1.73. The molecule has 5 N–H and O–H groups in total. The second-order valence-corrected chi connectivity index (χ2v) is 9.00. The molecule has 5 rings (SSSR count). The smallest absolute Gasteiger partial charge is 0.185 e. The Morgan fingerprint density at radius 3 is 2.36 bits per heavy atom. The highest BCUT2D eigenvalue weighted by atomic mass is 35.5. The third-order valence-corrected chi connectivity index (χ3v) is 6.12. The first-order valence-corrected chi connectivity index (χ1v) is 12.1. The number of nitrogens with zero attached hydrogens (tertiary/aromatic N) is 3. The number of aromatic nitrogens is 2. The van der Waals surface area contributed by atoms with Gasteiger partial charge in [0.2, 0.25) is 0 Å². The predicted octanol–water partition coefficient (Wildman–Crippen LogP) is 5.56. The topological polar surface area (TPSA) is 104 Å². The molecule has 0 atom stereocenters. The summed E-state index contributed by atoms with van der Waals surface area (Å²) >= 11 is 12.3. The molecule has 9 heteroatoms. The van der Waals surface area contributed by atoms with Crippen molar-refractivity contribution in [2.24, 2.45) is 10.7 Å². The summed E-state index contributed by atoms with van der Waals surface area (Å²) in [4.78, 5) is 9.76. The van der Waals surface area contributed by atoms with Crippen molar-refractivity contribution >= 4 is 51.6 Å². The first-order chi connectivity index (χ1) is 17.5. The van der Waals surface area contributed by atoms with E-state index in [2.05, 4.69) is 15.2 Å². The van der Waals surface area contributed by atoms with Crippen LogP contribution in [-0.2, 0) is 0 Å². The van der Waals surface area contributed by atoms with Crippen molar-refractivity contribution in [3.05, 3.63) is 100 Å². The number of nitrogens with one attached hydrogen (secondary N) is 3. The minimum absolute atomic E-state index is 0.0838. The molecule has 0 radical (unpaired) electrons. The number of hydrogen-bond acceptors (Lipinski definition) is 4. The number of para-hydroxylation sites is 2. The minimum atomic E-state index is -0.0838. The van der Waals surface area contributed by atoms with Gasteiger partial charge in [-0.15, -0.1) is 0 Å². The maximum Gasteiger partial charge on any atom is 0.185 e. The molecule has 1 heterocycles. The molecule has 0 saturated carbocycles. The molecule has 3 aromatic rings. The molecule has 1 aliphatic carbocycles. The first-order valence-electron chi connectivity index (χ1n) is 11.3. The number of benzene rings is 4.